The minimum Gasteiger partial charge on any atom is -0.493 e. The zero-order valence-corrected chi connectivity index (χ0v) is 15.8. The summed E-state index contributed by atoms with van der Waals surface area (Å²) in [5.74, 6) is 0.909. The molecule has 0 amide bonds. The normalized spacial score (nSPS) is 12.0. The van der Waals surface area contributed by atoms with E-state index >= 15 is 0 Å². The maximum atomic E-state index is 12.3. The second kappa shape index (κ2) is 10.4. The Labute approximate surface area is 161 Å². The Hall–Kier alpha value is -2.91. The van der Waals surface area contributed by atoms with Crippen molar-refractivity contribution in [2.45, 2.75) is 25.7 Å². The zero-order chi connectivity index (χ0) is 20.4. The lowest BCUT2D eigenvalue weighted by molar-refractivity contribution is -0.153. The highest BCUT2D eigenvalue weighted by molar-refractivity contribution is 5.79. The van der Waals surface area contributed by atoms with Crippen molar-refractivity contribution in [3.8, 4) is 11.5 Å². The molecule has 28 heavy (non-hydrogen) atoms. The van der Waals surface area contributed by atoms with Crippen LogP contribution < -0.4 is 20.1 Å². The average molecular weight is 399 g/mol. The first kappa shape index (κ1) is 21.4. The minimum atomic E-state index is -4.40. The van der Waals surface area contributed by atoms with Crippen LogP contribution in [0.15, 0.2) is 41.7 Å². The first-order chi connectivity index (χ1) is 13.4. The van der Waals surface area contributed by atoms with Crippen LogP contribution in [0.5, 0.6) is 11.5 Å². The summed E-state index contributed by atoms with van der Waals surface area (Å²) in [6.45, 7) is 0.575. The van der Waals surface area contributed by atoms with E-state index in [1.807, 2.05) is 16.9 Å². The van der Waals surface area contributed by atoms with E-state index in [4.69, 9.17) is 9.47 Å². The second-order valence-corrected chi connectivity index (χ2v) is 5.86. The number of alkyl halides is 3. The molecule has 10 heteroatoms. The van der Waals surface area contributed by atoms with Gasteiger partial charge in [0.2, 0.25) is 0 Å². The molecule has 0 aliphatic carbocycles. The number of hydrogen-bond donors (Lipinski definition) is 2. The molecule has 0 spiro atoms. The summed E-state index contributed by atoms with van der Waals surface area (Å²) in [7, 11) is 3.05. The fourth-order valence-corrected chi connectivity index (χ4v) is 2.39. The van der Waals surface area contributed by atoms with Gasteiger partial charge in [0, 0.05) is 39.1 Å². The summed E-state index contributed by atoms with van der Waals surface area (Å²) in [4.78, 5) is 4.15. The standard InChI is InChI=1S/C18H24F3N5O2/c1-22-17(23-7-3-9-26-10-4-8-25-26)24-12-14-5-6-15(16(11-14)27-2)28-13-18(19,20)21/h4-6,8,10-11H,3,7,9,12-13H2,1-2H3,(H2,22,23,24). The van der Waals surface area contributed by atoms with Gasteiger partial charge >= 0.3 is 6.18 Å². The fourth-order valence-electron chi connectivity index (χ4n) is 2.39. The number of nitrogens with zero attached hydrogens (tertiary/aromatic N) is 3. The van der Waals surface area contributed by atoms with Gasteiger partial charge in [-0.25, -0.2) is 0 Å². The maximum absolute atomic E-state index is 12.3. The first-order valence-electron chi connectivity index (χ1n) is 8.69. The van der Waals surface area contributed by atoms with Crippen molar-refractivity contribution in [3.05, 3.63) is 42.2 Å². The average Bonchev–Trinajstić information content (AvgIpc) is 3.19. The summed E-state index contributed by atoms with van der Waals surface area (Å²) >= 11 is 0. The summed E-state index contributed by atoms with van der Waals surface area (Å²) < 4.78 is 48.7. The minimum absolute atomic E-state index is 0.0460. The summed E-state index contributed by atoms with van der Waals surface area (Å²) in [6, 6.07) is 6.64. The van der Waals surface area contributed by atoms with Gasteiger partial charge in [-0.05, 0) is 30.2 Å². The molecule has 0 aliphatic rings. The third kappa shape index (κ3) is 7.37. The molecule has 2 aromatic rings. The number of aromatic nitrogens is 2. The third-order valence-electron chi connectivity index (χ3n) is 3.72. The van der Waals surface area contributed by atoms with Crippen LogP contribution in [0.1, 0.15) is 12.0 Å². The van der Waals surface area contributed by atoms with Crippen LogP contribution in [0.2, 0.25) is 0 Å². The highest BCUT2D eigenvalue weighted by Crippen LogP contribution is 2.29. The molecule has 1 heterocycles. The highest BCUT2D eigenvalue weighted by atomic mass is 19.4. The van der Waals surface area contributed by atoms with Crippen molar-refractivity contribution in [2.75, 3.05) is 27.3 Å². The molecule has 2 N–H and O–H groups in total. The number of nitrogens with one attached hydrogen (secondary N) is 2. The van der Waals surface area contributed by atoms with Gasteiger partial charge in [-0.3, -0.25) is 9.67 Å². The summed E-state index contributed by atoms with van der Waals surface area (Å²) in [6.07, 6.45) is 0.117. The number of benzene rings is 1. The smallest absolute Gasteiger partial charge is 0.422 e. The van der Waals surface area contributed by atoms with Crippen LogP contribution in [0.4, 0.5) is 13.2 Å². The summed E-state index contributed by atoms with van der Waals surface area (Å²) in [5, 5.41) is 10.5. The molecule has 0 saturated carbocycles. The van der Waals surface area contributed by atoms with E-state index < -0.39 is 12.8 Å². The molecule has 0 aliphatic heterocycles. The van der Waals surface area contributed by atoms with Crippen molar-refractivity contribution in [3.63, 3.8) is 0 Å². The summed E-state index contributed by atoms with van der Waals surface area (Å²) in [5.41, 5.74) is 0.815. The fraction of sp³-hybridized carbons (Fsp3) is 0.444. The quantitative estimate of drug-likeness (QED) is 0.385. The third-order valence-corrected chi connectivity index (χ3v) is 3.72. The van der Waals surface area contributed by atoms with Crippen LogP contribution in [-0.4, -0.2) is 49.2 Å². The van der Waals surface area contributed by atoms with Gasteiger partial charge in [0.25, 0.3) is 0 Å². The van der Waals surface area contributed by atoms with Crippen LogP contribution in [0, 0.1) is 0 Å². The van der Waals surface area contributed by atoms with Gasteiger partial charge in [-0.2, -0.15) is 18.3 Å². The van der Waals surface area contributed by atoms with E-state index in [0.29, 0.717) is 19.0 Å². The molecule has 154 valence electrons. The van der Waals surface area contributed by atoms with Crippen LogP contribution in [0.25, 0.3) is 0 Å². The topological polar surface area (TPSA) is 72.7 Å². The van der Waals surface area contributed by atoms with E-state index in [9.17, 15) is 13.2 Å². The molecular weight excluding hydrogens is 375 g/mol. The lowest BCUT2D eigenvalue weighted by Gasteiger charge is -2.15. The number of rotatable bonds is 9. The van der Waals surface area contributed by atoms with Crippen molar-refractivity contribution >= 4 is 5.96 Å². The van der Waals surface area contributed by atoms with E-state index in [2.05, 4.69) is 20.7 Å². The van der Waals surface area contributed by atoms with Crippen molar-refractivity contribution in [1.29, 1.82) is 0 Å². The van der Waals surface area contributed by atoms with Gasteiger partial charge in [0.15, 0.2) is 24.1 Å². The molecule has 0 fully saturated rings. The van der Waals surface area contributed by atoms with Crippen LogP contribution in [0.3, 0.4) is 0 Å². The van der Waals surface area contributed by atoms with E-state index in [-0.39, 0.29) is 11.5 Å². The van der Waals surface area contributed by atoms with Crippen LogP contribution >= 0.6 is 0 Å². The molecule has 7 nitrogen and oxygen atoms in total. The molecule has 0 bridgehead atoms. The molecule has 1 aromatic carbocycles. The Morgan fingerprint density at radius 1 is 1.25 bits per heavy atom. The number of guanidine groups is 1. The molecule has 2 rings (SSSR count). The molecule has 0 saturated heterocycles. The second-order valence-electron chi connectivity index (χ2n) is 5.86. The molecular formula is C18H24F3N5O2. The Morgan fingerprint density at radius 2 is 2.07 bits per heavy atom. The molecule has 0 atom stereocenters. The monoisotopic (exact) mass is 399 g/mol. The van der Waals surface area contributed by atoms with E-state index in [1.54, 1.807) is 25.4 Å². The zero-order valence-electron chi connectivity index (χ0n) is 15.8. The number of ether oxygens (including phenoxy) is 2. The van der Waals surface area contributed by atoms with Gasteiger partial charge < -0.3 is 20.1 Å². The van der Waals surface area contributed by atoms with Gasteiger partial charge in [0.05, 0.1) is 7.11 Å². The lowest BCUT2D eigenvalue weighted by Crippen LogP contribution is -2.37. The van der Waals surface area contributed by atoms with E-state index in [0.717, 1.165) is 18.5 Å². The van der Waals surface area contributed by atoms with E-state index in [1.165, 1.54) is 13.2 Å². The number of hydrogen-bond acceptors (Lipinski definition) is 4. The Balaban J connectivity index is 1.81. The largest absolute Gasteiger partial charge is 0.493 e. The number of aryl methyl sites for hydroxylation is 1. The maximum Gasteiger partial charge on any atom is 0.422 e. The molecule has 0 unspecified atom stereocenters. The number of methoxy groups -OCH3 is 1. The van der Waals surface area contributed by atoms with Crippen molar-refractivity contribution in [2.24, 2.45) is 4.99 Å². The SMILES string of the molecule is CN=C(NCCCn1cccn1)NCc1ccc(OCC(F)(F)F)c(OC)c1. The number of aliphatic imine (C=N–C) groups is 1. The van der Waals surface area contributed by atoms with Gasteiger partial charge in [0.1, 0.15) is 0 Å². The lowest BCUT2D eigenvalue weighted by atomic mass is 10.2. The predicted molar refractivity (Wildman–Crippen MR) is 99.6 cm³/mol. The van der Waals surface area contributed by atoms with Crippen LogP contribution in [-0.2, 0) is 13.1 Å². The Bertz CT molecular complexity index is 748. The number of halogens is 3. The Morgan fingerprint density at radius 3 is 2.71 bits per heavy atom. The Kier molecular flexibility index (Phi) is 7.97. The highest BCUT2D eigenvalue weighted by Gasteiger charge is 2.29. The van der Waals surface area contributed by atoms with Gasteiger partial charge in [-0.15, -0.1) is 0 Å². The predicted octanol–water partition coefficient (Wildman–Crippen LogP) is 2.59. The van der Waals surface area contributed by atoms with Crippen molar-refractivity contribution < 1.29 is 22.6 Å². The van der Waals surface area contributed by atoms with Crippen molar-refractivity contribution in [1.82, 2.24) is 20.4 Å². The van der Waals surface area contributed by atoms with Gasteiger partial charge in [-0.1, -0.05) is 6.07 Å². The molecule has 0 radical (unpaired) electrons. The first-order valence-corrected chi connectivity index (χ1v) is 8.69. The molecule has 1 aromatic heterocycles.